The van der Waals surface area contributed by atoms with Gasteiger partial charge in [-0.15, -0.1) is 0 Å². The Morgan fingerprint density at radius 2 is 1.85 bits per heavy atom. The van der Waals surface area contributed by atoms with Crippen molar-refractivity contribution in [3.05, 3.63) is 65.7 Å². The van der Waals surface area contributed by atoms with Crippen molar-refractivity contribution in [1.82, 2.24) is 25.8 Å². The Kier molecular flexibility index (Phi) is 5.98. The number of aliphatic imine (C=N–C) groups is 1. The second-order valence-electron chi connectivity index (χ2n) is 5.70. The maximum atomic E-state index is 13.7. The number of methoxy groups -OCH3 is 1. The monoisotopic (exact) mass is 368 g/mol. The number of H-pyrrole nitrogens is 1. The molecule has 0 spiro atoms. The normalized spacial score (nSPS) is 11.3. The van der Waals surface area contributed by atoms with Crippen molar-refractivity contribution in [2.24, 2.45) is 4.99 Å². The van der Waals surface area contributed by atoms with Gasteiger partial charge in [-0.25, -0.2) is 9.37 Å². The van der Waals surface area contributed by atoms with Crippen LogP contribution in [0.5, 0.6) is 5.75 Å². The summed E-state index contributed by atoms with van der Waals surface area (Å²) in [6, 6.07) is 14.1. The first-order valence-corrected chi connectivity index (χ1v) is 8.43. The molecule has 0 atom stereocenters. The summed E-state index contributed by atoms with van der Waals surface area (Å²) >= 11 is 0. The summed E-state index contributed by atoms with van der Waals surface area (Å²) < 4.78 is 18.8. The van der Waals surface area contributed by atoms with E-state index in [2.05, 4.69) is 30.8 Å². The third kappa shape index (κ3) is 4.81. The summed E-state index contributed by atoms with van der Waals surface area (Å²) in [5.41, 5.74) is 1.46. The van der Waals surface area contributed by atoms with E-state index in [4.69, 9.17) is 4.74 Å². The molecule has 0 aliphatic heterocycles. The number of hydrogen-bond donors (Lipinski definition) is 3. The smallest absolute Gasteiger partial charge is 0.191 e. The van der Waals surface area contributed by atoms with Crippen molar-refractivity contribution in [1.29, 1.82) is 0 Å². The molecule has 7 nitrogen and oxygen atoms in total. The molecule has 0 radical (unpaired) electrons. The molecule has 2 aromatic carbocycles. The molecular weight excluding hydrogens is 347 g/mol. The van der Waals surface area contributed by atoms with E-state index in [1.807, 2.05) is 24.3 Å². The van der Waals surface area contributed by atoms with Gasteiger partial charge < -0.3 is 15.4 Å². The number of hydrogen-bond acceptors (Lipinski definition) is 4. The quantitative estimate of drug-likeness (QED) is 0.460. The van der Waals surface area contributed by atoms with E-state index in [1.165, 1.54) is 6.07 Å². The maximum absolute atomic E-state index is 13.7. The Labute approximate surface area is 156 Å². The van der Waals surface area contributed by atoms with E-state index in [9.17, 15) is 4.39 Å². The number of nitrogens with one attached hydrogen (secondary N) is 3. The van der Waals surface area contributed by atoms with Crippen LogP contribution in [-0.2, 0) is 13.1 Å². The molecule has 3 aromatic rings. The van der Waals surface area contributed by atoms with Crippen molar-refractivity contribution in [3.8, 4) is 17.1 Å². The average Bonchev–Trinajstić information content (AvgIpc) is 3.18. The minimum absolute atomic E-state index is 0.250. The molecule has 27 heavy (non-hydrogen) atoms. The molecule has 0 saturated heterocycles. The molecule has 0 fully saturated rings. The fourth-order valence-electron chi connectivity index (χ4n) is 2.45. The Morgan fingerprint density at radius 3 is 2.56 bits per heavy atom. The van der Waals surface area contributed by atoms with Crippen LogP contribution >= 0.6 is 0 Å². The van der Waals surface area contributed by atoms with Crippen LogP contribution in [0.2, 0.25) is 0 Å². The van der Waals surface area contributed by atoms with Gasteiger partial charge >= 0.3 is 0 Å². The third-order valence-corrected chi connectivity index (χ3v) is 3.93. The fourth-order valence-corrected chi connectivity index (χ4v) is 2.45. The Hall–Kier alpha value is -3.42. The van der Waals surface area contributed by atoms with Crippen molar-refractivity contribution in [3.63, 3.8) is 0 Å². The summed E-state index contributed by atoms with van der Waals surface area (Å²) in [4.78, 5) is 8.59. The highest BCUT2D eigenvalue weighted by molar-refractivity contribution is 5.79. The number of aromatic nitrogens is 3. The van der Waals surface area contributed by atoms with Crippen LogP contribution in [0.1, 0.15) is 11.4 Å². The molecule has 1 aromatic heterocycles. The molecule has 3 N–H and O–H groups in total. The van der Waals surface area contributed by atoms with Gasteiger partial charge in [0.25, 0.3) is 0 Å². The second-order valence-corrected chi connectivity index (χ2v) is 5.70. The number of ether oxygens (including phenoxy) is 1. The average molecular weight is 368 g/mol. The van der Waals surface area contributed by atoms with E-state index < -0.39 is 0 Å². The lowest BCUT2D eigenvalue weighted by Gasteiger charge is -2.11. The molecule has 1 heterocycles. The number of aromatic amines is 1. The molecule has 0 aliphatic rings. The standard InChI is InChI=1S/C19H21FN6O/c1-21-19(22-11-14-5-3-4-6-16(14)20)23-12-17-24-18(26-25-17)13-7-9-15(27-2)10-8-13/h3-10H,11-12H2,1-2H3,(H2,21,22,23)(H,24,25,26). The van der Waals surface area contributed by atoms with E-state index >= 15 is 0 Å². The zero-order valence-corrected chi connectivity index (χ0v) is 15.2. The lowest BCUT2D eigenvalue weighted by atomic mass is 10.2. The van der Waals surface area contributed by atoms with E-state index in [0.29, 0.717) is 36.3 Å². The van der Waals surface area contributed by atoms with Gasteiger partial charge in [-0.2, -0.15) is 5.10 Å². The highest BCUT2D eigenvalue weighted by atomic mass is 19.1. The zero-order chi connectivity index (χ0) is 19.1. The van der Waals surface area contributed by atoms with Gasteiger partial charge in [-0.1, -0.05) is 18.2 Å². The minimum Gasteiger partial charge on any atom is -0.497 e. The van der Waals surface area contributed by atoms with Crippen LogP contribution in [0, 0.1) is 5.82 Å². The largest absolute Gasteiger partial charge is 0.497 e. The summed E-state index contributed by atoms with van der Waals surface area (Å²) in [5, 5.41) is 13.3. The molecule has 140 valence electrons. The van der Waals surface area contributed by atoms with Gasteiger partial charge in [0.1, 0.15) is 17.4 Å². The fraction of sp³-hybridized carbons (Fsp3) is 0.211. The van der Waals surface area contributed by atoms with Crippen molar-refractivity contribution >= 4 is 5.96 Å². The van der Waals surface area contributed by atoms with Crippen molar-refractivity contribution in [2.75, 3.05) is 14.2 Å². The summed E-state index contributed by atoms with van der Waals surface area (Å²) in [5.74, 6) is 2.33. The van der Waals surface area contributed by atoms with Crippen LogP contribution in [0.25, 0.3) is 11.4 Å². The molecule has 0 amide bonds. The first-order chi connectivity index (χ1) is 13.2. The summed E-state index contributed by atoms with van der Waals surface area (Å²) in [6.45, 7) is 0.736. The second kappa shape index (κ2) is 8.79. The Morgan fingerprint density at radius 1 is 1.11 bits per heavy atom. The highest BCUT2D eigenvalue weighted by Gasteiger charge is 2.07. The number of benzene rings is 2. The van der Waals surface area contributed by atoms with Gasteiger partial charge in [0.15, 0.2) is 11.8 Å². The van der Waals surface area contributed by atoms with Gasteiger partial charge in [-0.3, -0.25) is 10.1 Å². The van der Waals surface area contributed by atoms with Gasteiger partial charge in [0, 0.05) is 24.7 Å². The SMILES string of the molecule is CN=C(NCc1nc(-c2ccc(OC)cc2)n[nH]1)NCc1ccccc1F. The lowest BCUT2D eigenvalue weighted by Crippen LogP contribution is -2.36. The van der Waals surface area contributed by atoms with Crippen LogP contribution in [0.3, 0.4) is 0 Å². The van der Waals surface area contributed by atoms with E-state index in [0.717, 1.165) is 11.3 Å². The predicted molar refractivity (Wildman–Crippen MR) is 102 cm³/mol. The van der Waals surface area contributed by atoms with Crippen LogP contribution in [0.15, 0.2) is 53.5 Å². The molecule has 0 unspecified atom stereocenters. The van der Waals surface area contributed by atoms with Crippen molar-refractivity contribution in [2.45, 2.75) is 13.1 Å². The van der Waals surface area contributed by atoms with Crippen LogP contribution < -0.4 is 15.4 Å². The third-order valence-electron chi connectivity index (χ3n) is 3.93. The molecule has 0 aliphatic carbocycles. The van der Waals surface area contributed by atoms with Gasteiger partial charge in [-0.05, 0) is 30.3 Å². The number of nitrogens with zero attached hydrogens (tertiary/aromatic N) is 3. The lowest BCUT2D eigenvalue weighted by molar-refractivity contribution is 0.415. The molecule has 0 saturated carbocycles. The van der Waals surface area contributed by atoms with Crippen LogP contribution in [0.4, 0.5) is 4.39 Å². The maximum Gasteiger partial charge on any atom is 0.191 e. The van der Waals surface area contributed by atoms with Crippen molar-refractivity contribution < 1.29 is 9.13 Å². The number of rotatable bonds is 6. The zero-order valence-electron chi connectivity index (χ0n) is 15.2. The first-order valence-electron chi connectivity index (χ1n) is 8.43. The van der Waals surface area contributed by atoms with Gasteiger partial charge in [0.05, 0.1) is 13.7 Å². The van der Waals surface area contributed by atoms with E-state index in [-0.39, 0.29) is 5.82 Å². The topological polar surface area (TPSA) is 87.2 Å². The first kappa shape index (κ1) is 18.4. The Bertz CT molecular complexity index is 907. The highest BCUT2D eigenvalue weighted by Crippen LogP contribution is 2.18. The number of halogens is 1. The predicted octanol–water partition coefficient (Wildman–Crippen LogP) is 2.48. The summed E-state index contributed by atoms with van der Waals surface area (Å²) in [6.07, 6.45) is 0. The van der Waals surface area contributed by atoms with Crippen LogP contribution in [-0.4, -0.2) is 35.3 Å². The summed E-state index contributed by atoms with van der Waals surface area (Å²) in [7, 11) is 3.28. The Balaban J connectivity index is 1.55. The van der Waals surface area contributed by atoms with E-state index in [1.54, 1.807) is 32.4 Å². The molecule has 0 bridgehead atoms. The minimum atomic E-state index is -0.250. The van der Waals surface area contributed by atoms with Gasteiger partial charge in [0.2, 0.25) is 0 Å². The molecule has 3 rings (SSSR count). The molecular formula is C19H21FN6O. The molecule has 8 heteroatoms. The number of guanidine groups is 1.